The second kappa shape index (κ2) is 4.51. The molecule has 1 heterocycles. The van der Waals surface area contributed by atoms with Crippen LogP contribution in [0.2, 0.25) is 5.02 Å². The maximum absolute atomic E-state index is 10.5. The first-order valence-electron chi connectivity index (χ1n) is 5.45. The summed E-state index contributed by atoms with van der Waals surface area (Å²) in [6.07, 6.45) is 2.30. The zero-order chi connectivity index (χ0) is 12.5. The number of halogens is 1. The minimum absolute atomic E-state index is 0.442. The Hall–Kier alpha value is -1.32. The third-order valence-corrected chi connectivity index (χ3v) is 3.08. The predicted octanol–water partition coefficient (Wildman–Crippen LogP) is 2.52. The van der Waals surface area contributed by atoms with Crippen molar-refractivity contribution in [2.45, 2.75) is 18.9 Å². The molecular weight excluding hydrogens is 236 g/mol. The number of aliphatic hydroxyl groups is 1. The van der Waals surface area contributed by atoms with E-state index in [1.807, 2.05) is 37.5 Å². The zero-order valence-corrected chi connectivity index (χ0v) is 10.6. The van der Waals surface area contributed by atoms with Crippen molar-refractivity contribution in [1.82, 2.24) is 9.78 Å². The van der Waals surface area contributed by atoms with Crippen LogP contribution in [0.25, 0.3) is 0 Å². The molecule has 0 aliphatic rings. The van der Waals surface area contributed by atoms with Gasteiger partial charge in [0.2, 0.25) is 0 Å². The topological polar surface area (TPSA) is 38.0 Å². The maximum atomic E-state index is 10.5. The second-order valence-electron chi connectivity index (χ2n) is 4.41. The fourth-order valence-corrected chi connectivity index (χ4v) is 2.24. The van der Waals surface area contributed by atoms with Gasteiger partial charge in [0.25, 0.3) is 0 Å². The quantitative estimate of drug-likeness (QED) is 0.909. The minimum atomic E-state index is -1.01. The molecule has 0 amide bonds. The summed E-state index contributed by atoms with van der Waals surface area (Å²) in [6.45, 7) is 1.75. The Kier molecular flexibility index (Phi) is 3.22. The van der Waals surface area contributed by atoms with Crippen molar-refractivity contribution in [3.05, 3.63) is 52.8 Å². The Morgan fingerprint density at radius 1 is 1.35 bits per heavy atom. The van der Waals surface area contributed by atoms with Crippen molar-refractivity contribution in [2.24, 2.45) is 7.05 Å². The normalized spacial score (nSPS) is 14.6. The largest absolute Gasteiger partial charge is 0.385 e. The van der Waals surface area contributed by atoms with Crippen molar-refractivity contribution in [1.29, 1.82) is 0 Å². The summed E-state index contributed by atoms with van der Waals surface area (Å²) < 4.78 is 1.72. The van der Waals surface area contributed by atoms with E-state index in [0.717, 1.165) is 11.3 Å². The van der Waals surface area contributed by atoms with Crippen LogP contribution in [0, 0.1) is 0 Å². The number of rotatable bonds is 3. The van der Waals surface area contributed by atoms with Crippen LogP contribution >= 0.6 is 11.6 Å². The summed E-state index contributed by atoms with van der Waals surface area (Å²) >= 11 is 6.09. The van der Waals surface area contributed by atoms with E-state index < -0.39 is 5.60 Å². The Bertz CT molecular complexity index is 520. The van der Waals surface area contributed by atoms with E-state index in [4.69, 9.17) is 11.6 Å². The zero-order valence-electron chi connectivity index (χ0n) is 9.89. The lowest BCUT2D eigenvalue weighted by Crippen LogP contribution is -2.25. The monoisotopic (exact) mass is 250 g/mol. The molecule has 2 rings (SSSR count). The fourth-order valence-electron chi connectivity index (χ4n) is 1.90. The highest BCUT2D eigenvalue weighted by Gasteiger charge is 2.26. The highest BCUT2D eigenvalue weighted by molar-refractivity contribution is 6.31. The molecule has 0 spiro atoms. The molecule has 4 heteroatoms. The van der Waals surface area contributed by atoms with Gasteiger partial charge in [-0.1, -0.05) is 29.8 Å². The summed E-state index contributed by atoms with van der Waals surface area (Å²) in [5.74, 6) is 0. The molecule has 3 nitrogen and oxygen atoms in total. The average molecular weight is 251 g/mol. The third-order valence-electron chi connectivity index (χ3n) is 2.75. The molecule has 0 saturated carbocycles. The molecule has 0 bridgehead atoms. The number of hydrogen-bond acceptors (Lipinski definition) is 2. The Morgan fingerprint density at radius 2 is 2.06 bits per heavy atom. The molecular formula is C13H15ClN2O. The first kappa shape index (κ1) is 12.1. The van der Waals surface area contributed by atoms with Gasteiger partial charge in [-0.25, -0.2) is 0 Å². The van der Waals surface area contributed by atoms with Crippen LogP contribution < -0.4 is 0 Å². The first-order chi connectivity index (χ1) is 7.99. The Labute approximate surface area is 106 Å². The van der Waals surface area contributed by atoms with Gasteiger partial charge in [0.1, 0.15) is 0 Å². The van der Waals surface area contributed by atoms with E-state index in [9.17, 15) is 5.11 Å². The molecule has 1 atom stereocenters. The molecule has 17 heavy (non-hydrogen) atoms. The molecule has 1 unspecified atom stereocenters. The molecule has 0 aliphatic heterocycles. The van der Waals surface area contributed by atoms with Crippen LogP contribution in [-0.4, -0.2) is 14.9 Å². The van der Waals surface area contributed by atoms with Gasteiger partial charge in [0.15, 0.2) is 0 Å². The second-order valence-corrected chi connectivity index (χ2v) is 4.82. The highest BCUT2D eigenvalue weighted by Crippen LogP contribution is 2.30. The molecule has 0 radical (unpaired) electrons. The van der Waals surface area contributed by atoms with Gasteiger partial charge in [0, 0.05) is 30.3 Å². The standard InChI is InChI=1S/C13H15ClN2O/c1-13(17,9-10-7-8-16(2)15-10)11-5-3-4-6-12(11)14/h3-8,17H,9H2,1-2H3. The summed E-state index contributed by atoms with van der Waals surface area (Å²) in [5, 5.41) is 15.3. The van der Waals surface area contributed by atoms with Crippen LogP contribution in [0.15, 0.2) is 36.5 Å². The number of aromatic nitrogens is 2. The highest BCUT2D eigenvalue weighted by atomic mass is 35.5. The van der Waals surface area contributed by atoms with Gasteiger partial charge in [-0.3, -0.25) is 4.68 Å². The van der Waals surface area contributed by atoms with Crippen molar-refractivity contribution in [3.63, 3.8) is 0 Å². The van der Waals surface area contributed by atoms with Crippen molar-refractivity contribution in [2.75, 3.05) is 0 Å². The molecule has 1 N–H and O–H groups in total. The smallest absolute Gasteiger partial charge is 0.0938 e. The predicted molar refractivity (Wildman–Crippen MR) is 67.9 cm³/mol. The van der Waals surface area contributed by atoms with Crippen molar-refractivity contribution < 1.29 is 5.11 Å². The summed E-state index contributed by atoms with van der Waals surface area (Å²) in [4.78, 5) is 0. The van der Waals surface area contributed by atoms with E-state index in [2.05, 4.69) is 5.10 Å². The fraction of sp³-hybridized carbons (Fsp3) is 0.308. The molecule has 0 fully saturated rings. The summed E-state index contributed by atoms with van der Waals surface area (Å²) in [6, 6.07) is 9.23. The van der Waals surface area contributed by atoms with Crippen LogP contribution in [0.4, 0.5) is 0 Å². The van der Waals surface area contributed by atoms with Crippen LogP contribution in [-0.2, 0) is 19.1 Å². The molecule has 0 aliphatic carbocycles. The Morgan fingerprint density at radius 3 is 2.65 bits per heavy atom. The number of nitrogens with zero attached hydrogens (tertiary/aromatic N) is 2. The average Bonchev–Trinajstić information content (AvgIpc) is 2.63. The van der Waals surface area contributed by atoms with E-state index in [0.29, 0.717) is 11.4 Å². The molecule has 1 aromatic carbocycles. The lowest BCUT2D eigenvalue weighted by Gasteiger charge is -2.23. The first-order valence-corrected chi connectivity index (χ1v) is 5.83. The third kappa shape index (κ3) is 2.68. The lowest BCUT2D eigenvalue weighted by molar-refractivity contribution is 0.0566. The van der Waals surface area contributed by atoms with E-state index in [-0.39, 0.29) is 0 Å². The summed E-state index contributed by atoms with van der Waals surface area (Å²) in [7, 11) is 1.85. The lowest BCUT2D eigenvalue weighted by atomic mass is 9.91. The number of benzene rings is 1. The SMILES string of the molecule is Cn1ccc(CC(C)(O)c2ccccc2Cl)n1. The van der Waals surface area contributed by atoms with Gasteiger partial charge in [-0.05, 0) is 19.1 Å². The molecule has 0 saturated heterocycles. The number of aryl methyl sites for hydroxylation is 1. The van der Waals surface area contributed by atoms with Gasteiger partial charge < -0.3 is 5.11 Å². The van der Waals surface area contributed by atoms with E-state index in [1.165, 1.54) is 0 Å². The van der Waals surface area contributed by atoms with Crippen LogP contribution in [0.1, 0.15) is 18.2 Å². The van der Waals surface area contributed by atoms with Crippen LogP contribution in [0.5, 0.6) is 0 Å². The Balaban J connectivity index is 2.27. The van der Waals surface area contributed by atoms with Crippen molar-refractivity contribution >= 4 is 11.6 Å². The van der Waals surface area contributed by atoms with Gasteiger partial charge in [-0.15, -0.1) is 0 Å². The maximum Gasteiger partial charge on any atom is 0.0938 e. The van der Waals surface area contributed by atoms with E-state index in [1.54, 1.807) is 17.7 Å². The van der Waals surface area contributed by atoms with E-state index >= 15 is 0 Å². The van der Waals surface area contributed by atoms with Gasteiger partial charge in [0.05, 0.1) is 11.3 Å². The van der Waals surface area contributed by atoms with Crippen LogP contribution in [0.3, 0.4) is 0 Å². The summed E-state index contributed by atoms with van der Waals surface area (Å²) in [5.41, 5.74) is 0.567. The minimum Gasteiger partial charge on any atom is -0.385 e. The van der Waals surface area contributed by atoms with Gasteiger partial charge >= 0.3 is 0 Å². The molecule has 90 valence electrons. The van der Waals surface area contributed by atoms with Gasteiger partial charge in [-0.2, -0.15) is 5.10 Å². The van der Waals surface area contributed by atoms with Crippen molar-refractivity contribution in [3.8, 4) is 0 Å². The number of hydrogen-bond donors (Lipinski definition) is 1. The molecule has 2 aromatic rings. The molecule has 1 aromatic heterocycles.